The Morgan fingerprint density at radius 3 is 2.34 bits per heavy atom. The molecule has 5 aromatic rings. The average Bonchev–Trinajstić information content (AvgIpc) is 3.37. The van der Waals surface area contributed by atoms with Crippen LogP contribution in [0.3, 0.4) is 0 Å². The molecule has 0 spiro atoms. The van der Waals surface area contributed by atoms with Crippen molar-refractivity contribution in [2.75, 3.05) is 20.3 Å². The van der Waals surface area contributed by atoms with Crippen LogP contribution in [0.1, 0.15) is 40.4 Å². The summed E-state index contributed by atoms with van der Waals surface area (Å²) >= 11 is 3.77. The predicted octanol–water partition coefficient (Wildman–Crippen LogP) is 8.46. The lowest BCUT2D eigenvalue weighted by molar-refractivity contribution is 0.0600. The molecule has 208 valence electrons. The standard InChI is InChI=1S/C34H29BrFNO4/c1-39-34(38)25-9-7-23(8-10-25)30-31-29(16-15-28(35)33(31)41-21-22-5-3-2-4-6-22)37(27-13-11-26(36)12-14-27)32(30)24-17-19-40-20-18-24/h2-16,24H,17-21H2,1H3. The maximum absolute atomic E-state index is 14.1. The van der Waals surface area contributed by atoms with Crippen LogP contribution in [0.25, 0.3) is 27.7 Å². The number of methoxy groups -OCH3 is 1. The molecule has 0 aliphatic carbocycles. The normalized spacial score (nSPS) is 13.8. The van der Waals surface area contributed by atoms with E-state index in [0.717, 1.165) is 62.0 Å². The first kappa shape index (κ1) is 27.2. The number of carbonyl (C=O) groups is 1. The second kappa shape index (κ2) is 11.9. The van der Waals surface area contributed by atoms with Crippen molar-refractivity contribution < 1.29 is 23.4 Å². The van der Waals surface area contributed by atoms with E-state index in [1.807, 2.05) is 60.7 Å². The molecule has 1 aromatic heterocycles. The van der Waals surface area contributed by atoms with Gasteiger partial charge in [0.25, 0.3) is 0 Å². The van der Waals surface area contributed by atoms with Crippen molar-refractivity contribution >= 4 is 32.8 Å². The fraction of sp³-hybridized carbons (Fsp3) is 0.206. The lowest BCUT2D eigenvalue weighted by atomic mass is 9.89. The Hall–Kier alpha value is -3.94. The van der Waals surface area contributed by atoms with Gasteiger partial charge in [0.1, 0.15) is 18.2 Å². The van der Waals surface area contributed by atoms with Gasteiger partial charge in [-0.05, 0) is 88.4 Å². The van der Waals surface area contributed by atoms with E-state index in [9.17, 15) is 9.18 Å². The second-order valence-corrected chi connectivity index (χ2v) is 10.9. The maximum Gasteiger partial charge on any atom is 0.337 e. The largest absolute Gasteiger partial charge is 0.487 e. The third-order valence-corrected chi connectivity index (χ3v) is 8.21. The van der Waals surface area contributed by atoms with Gasteiger partial charge in [-0.3, -0.25) is 0 Å². The van der Waals surface area contributed by atoms with Crippen LogP contribution in [0.2, 0.25) is 0 Å². The highest BCUT2D eigenvalue weighted by Gasteiger charge is 2.30. The number of nitrogens with zero attached hydrogens (tertiary/aromatic N) is 1. The summed E-state index contributed by atoms with van der Waals surface area (Å²) in [5, 5.41) is 0.951. The number of esters is 1. The second-order valence-electron chi connectivity index (χ2n) is 10.1. The summed E-state index contributed by atoms with van der Waals surface area (Å²) in [6, 6.07) is 28.2. The highest BCUT2D eigenvalue weighted by Crippen LogP contribution is 2.48. The molecule has 7 heteroatoms. The van der Waals surface area contributed by atoms with Crippen molar-refractivity contribution in [2.24, 2.45) is 0 Å². The molecule has 0 bridgehead atoms. The smallest absolute Gasteiger partial charge is 0.337 e. The lowest BCUT2D eigenvalue weighted by Gasteiger charge is -2.26. The molecule has 5 nitrogen and oxygen atoms in total. The molecule has 0 radical (unpaired) electrons. The molecule has 2 heterocycles. The van der Waals surface area contributed by atoms with Gasteiger partial charge < -0.3 is 18.8 Å². The molecule has 41 heavy (non-hydrogen) atoms. The number of benzene rings is 4. The number of aromatic nitrogens is 1. The summed E-state index contributed by atoms with van der Waals surface area (Å²) in [7, 11) is 1.38. The number of carbonyl (C=O) groups excluding carboxylic acids is 1. The fourth-order valence-electron chi connectivity index (χ4n) is 5.62. The number of hydrogen-bond acceptors (Lipinski definition) is 4. The monoisotopic (exact) mass is 613 g/mol. The molecule has 1 aliphatic heterocycles. The first-order chi connectivity index (χ1) is 20.0. The van der Waals surface area contributed by atoms with Crippen molar-refractivity contribution in [1.29, 1.82) is 0 Å². The maximum atomic E-state index is 14.1. The van der Waals surface area contributed by atoms with E-state index in [0.29, 0.717) is 25.4 Å². The van der Waals surface area contributed by atoms with E-state index in [1.54, 1.807) is 12.1 Å². The van der Waals surface area contributed by atoms with Gasteiger partial charge in [0.15, 0.2) is 0 Å². The van der Waals surface area contributed by atoms with Crippen LogP contribution in [0.4, 0.5) is 4.39 Å². The minimum atomic E-state index is -0.385. The van der Waals surface area contributed by atoms with Gasteiger partial charge >= 0.3 is 5.97 Å². The zero-order chi connectivity index (χ0) is 28.3. The highest BCUT2D eigenvalue weighted by atomic mass is 79.9. The average molecular weight is 615 g/mol. The molecule has 0 amide bonds. The Balaban J connectivity index is 1.64. The summed E-state index contributed by atoms with van der Waals surface area (Å²) in [5.41, 5.74) is 6.45. The van der Waals surface area contributed by atoms with E-state index in [2.05, 4.69) is 26.6 Å². The van der Waals surface area contributed by atoms with Crippen molar-refractivity contribution in [1.82, 2.24) is 4.57 Å². The molecule has 1 saturated heterocycles. The predicted molar refractivity (Wildman–Crippen MR) is 161 cm³/mol. The molecule has 1 fully saturated rings. The zero-order valence-corrected chi connectivity index (χ0v) is 24.2. The van der Waals surface area contributed by atoms with Gasteiger partial charge in [-0.2, -0.15) is 0 Å². The van der Waals surface area contributed by atoms with Crippen LogP contribution in [-0.4, -0.2) is 30.9 Å². The molecule has 0 saturated carbocycles. The molecule has 4 aromatic carbocycles. The topological polar surface area (TPSA) is 49.7 Å². The Morgan fingerprint density at radius 1 is 0.951 bits per heavy atom. The van der Waals surface area contributed by atoms with Crippen LogP contribution < -0.4 is 4.74 Å². The SMILES string of the molecule is COC(=O)c1ccc(-c2c(C3CCOCC3)n(-c3ccc(F)cc3)c3ccc(Br)c(OCc4ccccc4)c23)cc1. The van der Waals surface area contributed by atoms with E-state index in [-0.39, 0.29) is 17.7 Å². The van der Waals surface area contributed by atoms with E-state index in [4.69, 9.17) is 14.2 Å². The van der Waals surface area contributed by atoms with Crippen LogP contribution in [0.15, 0.2) is 95.5 Å². The van der Waals surface area contributed by atoms with E-state index < -0.39 is 0 Å². The molecule has 0 unspecified atom stereocenters. The van der Waals surface area contributed by atoms with Crippen molar-refractivity contribution in [2.45, 2.75) is 25.4 Å². The van der Waals surface area contributed by atoms with Crippen molar-refractivity contribution in [3.63, 3.8) is 0 Å². The minimum Gasteiger partial charge on any atom is -0.487 e. The van der Waals surface area contributed by atoms with Gasteiger partial charge in [0.05, 0.1) is 28.0 Å². The number of hydrogen-bond donors (Lipinski definition) is 0. The number of ether oxygens (including phenoxy) is 3. The van der Waals surface area contributed by atoms with E-state index >= 15 is 0 Å². The van der Waals surface area contributed by atoms with Crippen LogP contribution >= 0.6 is 15.9 Å². The van der Waals surface area contributed by atoms with Crippen molar-refractivity contribution in [3.8, 4) is 22.6 Å². The van der Waals surface area contributed by atoms with Crippen LogP contribution in [0.5, 0.6) is 5.75 Å². The molecular formula is C34H29BrFNO4. The minimum absolute atomic E-state index is 0.192. The Bertz CT molecular complexity index is 1670. The molecule has 6 rings (SSSR count). The molecule has 0 atom stereocenters. The van der Waals surface area contributed by atoms with Gasteiger partial charge in [-0.1, -0.05) is 42.5 Å². The molecule has 0 N–H and O–H groups in total. The van der Waals surface area contributed by atoms with Gasteiger partial charge in [0, 0.05) is 36.1 Å². The third kappa shape index (κ3) is 5.39. The first-order valence-electron chi connectivity index (χ1n) is 13.6. The summed E-state index contributed by atoms with van der Waals surface area (Å²) in [6.45, 7) is 1.72. The lowest BCUT2D eigenvalue weighted by Crippen LogP contribution is -2.17. The van der Waals surface area contributed by atoms with Crippen molar-refractivity contribution in [3.05, 3.63) is 118 Å². The molecular weight excluding hydrogens is 585 g/mol. The van der Waals surface area contributed by atoms with E-state index in [1.165, 1.54) is 19.2 Å². The van der Waals surface area contributed by atoms with Gasteiger partial charge in [-0.15, -0.1) is 0 Å². The summed E-state index contributed by atoms with van der Waals surface area (Å²) < 4.78 is 34.4. The summed E-state index contributed by atoms with van der Waals surface area (Å²) in [4.78, 5) is 12.2. The highest BCUT2D eigenvalue weighted by molar-refractivity contribution is 9.10. The van der Waals surface area contributed by atoms with Crippen LogP contribution in [0, 0.1) is 5.82 Å². The third-order valence-electron chi connectivity index (χ3n) is 7.59. The Kier molecular flexibility index (Phi) is 7.90. The van der Waals surface area contributed by atoms with Crippen LogP contribution in [-0.2, 0) is 16.1 Å². The van der Waals surface area contributed by atoms with Gasteiger partial charge in [0.2, 0.25) is 0 Å². The summed E-state index contributed by atoms with van der Waals surface area (Å²) in [5.74, 6) is 0.250. The summed E-state index contributed by atoms with van der Waals surface area (Å²) in [6.07, 6.45) is 1.71. The fourth-order valence-corrected chi connectivity index (χ4v) is 6.07. The number of fused-ring (bicyclic) bond motifs is 1. The van der Waals surface area contributed by atoms with Gasteiger partial charge in [-0.25, -0.2) is 9.18 Å². The first-order valence-corrected chi connectivity index (χ1v) is 14.4. The number of halogens is 2. The zero-order valence-electron chi connectivity index (χ0n) is 22.6. The Morgan fingerprint density at radius 2 is 1.66 bits per heavy atom. The number of rotatable bonds is 7. The molecule has 1 aliphatic rings. The Labute approximate surface area is 246 Å². The quantitative estimate of drug-likeness (QED) is 0.173.